The van der Waals surface area contributed by atoms with Crippen LogP contribution in [0.25, 0.3) is 16.6 Å². The van der Waals surface area contributed by atoms with Gasteiger partial charge < -0.3 is 0 Å². The molecule has 3 aromatic heterocycles. The van der Waals surface area contributed by atoms with Gasteiger partial charge in [0.15, 0.2) is 5.82 Å². The summed E-state index contributed by atoms with van der Waals surface area (Å²) in [4.78, 5) is 4.44. The van der Waals surface area contributed by atoms with Crippen molar-refractivity contribution >= 4 is 5.52 Å². The summed E-state index contributed by atoms with van der Waals surface area (Å²) >= 11 is 0. The minimum Gasteiger partial charge on any atom is -0.275 e. The van der Waals surface area contributed by atoms with E-state index in [-0.39, 0.29) is 5.41 Å². The SMILES string of the molecule is Cn1cc(-c2cc3cnc(C(C)(C)C)nn3c2)cn1. The molecule has 0 aromatic carbocycles. The summed E-state index contributed by atoms with van der Waals surface area (Å²) in [5.74, 6) is 0.841. The summed E-state index contributed by atoms with van der Waals surface area (Å²) in [6.45, 7) is 6.33. The minimum atomic E-state index is -0.0487. The van der Waals surface area contributed by atoms with Crippen LogP contribution in [-0.4, -0.2) is 24.4 Å². The van der Waals surface area contributed by atoms with Gasteiger partial charge in [0.2, 0.25) is 0 Å². The summed E-state index contributed by atoms with van der Waals surface area (Å²) in [7, 11) is 1.91. The fraction of sp³-hybridized carbons (Fsp3) is 0.357. The monoisotopic (exact) mass is 255 g/mol. The zero-order chi connectivity index (χ0) is 13.6. The molecule has 0 aliphatic carbocycles. The van der Waals surface area contributed by atoms with Gasteiger partial charge in [0, 0.05) is 36.0 Å². The number of fused-ring (bicyclic) bond motifs is 1. The molecule has 0 radical (unpaired) electrons. The lowest BCUT2D eigenvalue weighted by molar-refractivity contribution is 0.529. The molecule has 3 aromatic rings. The number of hydrogen-bond acceptors (Lipinski definition) is 3. The largest absolute Gasteiger partial charge is 0.275 e. The van der Waals surface area contributed by atoms with Gasteiger partial charge in [-0.25, -0.2) is 9.50 Å². The molecule has 0 saturated carbocycles. The van der Waals surface area contributed by atoms with Crippen LogP contribution in [0.4, 0.5) is 0 Å². The lowest BCUT2D eigenvalue weighted by Gasteiger charge is -2.15. The second kappa shape index (κ2) is 3.91. The van der Waals surface area contributed by atoms with Gasteiger partial charge in [-0.05, 0) is 6.07 Å². The molecule has 5 nitrogen and oxygen atoms in total. The van der Waals surface area contributed by atoms with E-state index in [2.05, 4.69) is 42.0 Å². The highest BCUT2D eigenvalue weighted by Crippen LogP contribution is 2.23. The van der Waals surface area contributed by atoms with Crippen LogP contribution >= 0.6 is 0 Å². The molecule has 3 heterocycles. The highest BCUT2D eigenvalue weighted by molar-refractivity contribution is 5.68. The van der Waals surface area contributed by atoms with E-state index in [0.29, 0.717) is 0 Å². The van der Waals surface area contributed by atoms with Crippen LogP contribution < -0.4 is 0 Å². The number of hydrogen-bond donors (Lipinski definition) is 0. The quantitative estimate of drug-likeness (QED) is 0.671. The van der Waals surface area contributed by atoms with Crippen molar-refractivity contribution in [3.8, 4) is 11.1 Å². The molecule has 0 saturated heterocycles. The first-order chi connectivity index (χ1) is 8.93. The van der Waals surface area contributed by atoms with E-state index < -0.39 is 0 Å². The molecular formula is C14H17N5. The predicted molar refractivity (Wildman–Crippen MR) is 73.9 cm³/mol. The Hall–Kier alpha value is -2.17. The average Bonchev–Trinajstić information content (AvgIpc) is 2.92. The van der Waals surface area contributed by atoms with Gasteiger partial charge in [-0.15, -0.1) is 0 Å². The van der Waals surface area contributed by atoms with E-state index in [4.69, 9.17) is 0 Å². The topological polar surface area (TPSA) is 48.0 Å². The Kier molecular flexibility index (Phi) is 2.45. The van der Waals surface area contributed by atoms with E-state index in [9.17, 15) is 0 Å². The molecule has 98 valence electrons. The van der Waals surface area contributed by atoms with Crippen molar-refractivity contribution in [3.05, 3.63) is 36.7 Å². The second-order valence-electron chi connectivity index (χ2n) is 5.83. The molecule has 0 aliphatic heterocycles. The van der Waals surface area contributed by atoms with Crippen LogP contribution in [0.15, 0.2) is 30.9 Å². The van der Waals surface area contributed by atoms with Gasteiger partial charge in [0.1, 0.15) is 0 Å². The van der Waals surface area contributed by atoms with Crippen molar-refractivity contribution in [1.29, 1.82) is 0 Å². The van der Waals surface area contributed by atoms with Crippen LogP contribution in [0.2, 0.25) is 0 Å². The first-order valence-corrected chi connectivity index (χ1v) is 6.28. The van der Waals surface area contributed by atoms with Gasteiger partial charge in [0.25, 0.3) is 0 Å². The van der Waals surface area contributed by atoms with Crippen molar-refractivity contribution in [2.45, 2.75) is 26.2 Å². The van der Waals surface area contributed by atoms with Gasteiger partial charge in [-0.1, -0.05) is 20.8 Å². The zero-order valence-electron chi connectivity index (χ0n) is 11.6. The maximum atomic E-state index is 4.58. The predicted octanol–water partition coefficient (Wildman–Crippen LogP) is 2.43. The van der Waals surface area contributed by atoms with Gasteiger partial charge in [0.05, 0.1) is 17.9 Å². The minimum absolute atomic E-state index is 0.0487. The molecule has 5 heteroatoms. The van der Waals surface area contributed by atoms with Crippen LogP contribution in [0.3, 0.4) is 0 Å². The third-order valence-electron chi connectivity index (χ3n) is 3.06. The molecular weight excluding hydrogens is 238 g/mol. The molecule has 19 heavy (non-hydrogen) atoms. The molecule has 0 unspecified atom stereocenters. The summed E-state index contributed by atoms with van der Waals surface area (Å²) < 4.78 is 3.68. The fourth-order valence-corrected chi connectivity index (χ4v) is 1.98. The first kappa shape index (κ1) is 11.9. The molecule has 3 rings (SSSR count). The number of rotatable bonds is 1. The molecule has 0 bridgehead atoms. The Morgan fingerprint density at radius 3 is 2.47 bits per heavy atom. The molecule has 0 atom stereocenters. The van der Waals surface area contributed by atoms with Crippen LogP contribution in [0.5, 0.6) is 0 Å². The van der Waals surface area contributed by atoms with Crippen molar-refractivity contribution in [2.75, 3.05) is 0 Å². The van der Waals surface area contributed by atoms with Gasteiger partial charge >= 0.3 is 0 Å². The Balaban J connectivity index is 2.11. The maximum absolute atomic E-state index is 4.58. The third kappa shape index (κ3) is 2.12. The van der Waals surface area contributed by atoms with Crippen molar-refractivity contribution in [3.63, 3.8) is 0 Å². The lowest BCUT2D eigenvalue weighted by atomic mass is 9.96. The highest BCUT2D eigenvalue weighted by Gasteiger charge is 2.18. The summed E-state index contributed by atoms with van der Waals surface area (Å²) in [6.07, 6.45) is 7.73. The van der Waals surface area contributed by atoms with Crippen LogP contribution in [0.1, 0.15) is 26.6 Å². The molecule has 0 N–H and O–H groups in total. The van der Waals surface area contributed by atoms with E-state index in [0.717, 1.165) is 22.5 Å². The molecule has 0 spiro atoms. The Morgan fingerprint density at radius 1 is 1.05 bits per heavy atom. The highest BCUT2D eigenvalue weighted by atomic mass is 15.3. The van der Waals surface area contributed by atoms with Crippen molar-refractivity contribution in [1.82, 2.24) is 24.4 Å². The lowest BCUT2D eigenvalue weighted by Crippen LogP contribution is -2.17. The van der Waals surface area contributed by atoms with Gasteiger partial charge in [-0.3, -0.25) is 4.68 Å². The average molecular weight is 255 g/mol. The first-order valence-electron chi connectivity index (χ1n) is 6.28. The Morgan fingerprint density at radius 2 is 1.84 bits per heavy atom. The van der Waals surface area contributed by atoms with E-state index in [1.54, 1.807) is 4.68 Å². The Labute approximate surface area is 111 Å². The number of aryl methyl sites for hydroxylation is 1. The summed E-state index contributed by atoms with van der Waals surface area (Å²) in [5, 5.41) is 8.77. The molecule has 0 fully saturated rings. The van der Waals surface area contributed by atoms with E-state index >= 15 is 0 Å². The Bertz CT molecular complexity index is 730. The number of aromatic nitrogens is 5. The summed E-state index contributed by atoms with van der Waals surface area (Å²) in [5.41, 5.74) is 3.14. The maximum Gasteiger partial charge on any atom is 0.154 e. The van der Waals surface area contributed by atoms with Crippen molar-refractivity contribution in [2.24, 2.45) is 7.05 Å². The van der Waals surface area contributed by atoms with Crippen molar-refractivity contribution < 1.29 is 0 Å². The number of nitrogens with zero attached hydrogens (tertiary/aromatic N) is 5. The standard InChI is InChI=1S/C14H17N5/c1-14(2,3)13-15-7-12-5-10(9-19(12)17-13)11-6-16-18(4)8-11/h5-9H,1-4H3. The van der Waals surface area contributed by atoms with E-state index in [1.165, 1.54) is 0 Å². The molecule has 0 aliphatic rings. The normalized spacial score (nSPS) is 12.2. The fourth-order valence-electron chi connectivity index (χ4n) is 1.98. The zero-order valence-corrected chi connectivity index (χ0v) is 11.6. The molecule has 0 amide bonds. The van der Waals surface area contributed by atoms with Crippen LogP contribution in [-0.2, 0) is 12.5 Å². The van der Waals surface area contributed by atoms with E-state index in [1.807, 2.05) is 36.4 Å². The summed E-state index contributed by atoms with van der Waals surface area (Å²) in [6, 6.07) is 2.07. The second-order valence-corrected chi connectivity index (χ2v) is 5.83. The third-order valence-corrected chi connectivity index (χ3v) is 3.06. The van der Waals surface area contributed by atoms with Gasteiger partial charge in [-0.2, -0.15) is 10.2 Å². The smallest absolute Gasteiger partial charge is 0.154 e. The van der Waals surface area contributed by atoms with Crippen LogP contribution in [0, 0.1) is 0 Å².